The monoisotopic (exact) mass is 540 g/mol. The van der Waals surface area contributed by atoms with E-state index in [2.05, 4.69) is 26.6 Å². The molecular formula is C23H14BrF5N2O3. The molecule has 2 amide bonds. The van der Waals surface area contributed by atoms with Gasteiger partial charge in [0.1, 0.15) is 5.82 Å². The Labute approximate surface area is 198 Å². The number of amides is 2. The van der Waals surface area contributed by atoms with Crippen molar-refractivity contribution in [1.82, 2.24) is 5.32 Å². The molecule has 4 rings (SSSR count). The molecule has 0 fully saturated rings. The molecule has 3 aromatic rings. The summed E-state index contributed by atoms with van der Waals surface area (Å²) < 4.78 is 74.0. The van der Waals surface area contributed by atoms with Crippen LogP contribution in [0.5, 0.6) is 5.75 Å². The lowest BCUT2D eigenvalue weighted by Crippen LogP contribution is -2.22. The summed E-state index contributed by atoms with van der Waals surface area (Å²) in [6, 6.07) is 5.94. The SMILES string of the molecule is COc1cc(C(=O)Nc2cc(Br)cc3c2C(c2cc(F)ccc2C(F)F)NC3=O)cc(F)c1F. The first kappa shape index (κ1) is 23.7. The number of ether oxygens (including phenoxy) is 1. The maximum absolute atomic E-state index is 14.0. The van der Waals surface area contributed by atoms with Gasteiger partial charge in [0.15, 0.2) is 11.6 Å². The normalized spacial score (nSPS) is 14.7. The van der Waals surface area contributed by atoms with Crippen molar-refractivity contribution in [2.45, 2.75) is 12.5 Å². The van der Waals surface area contributed by atoms with Crippen molar-refractivity contribution in [3.63, 3.8) is 0 Å². The van der Waals surface area contributed by atoms with Crippen molar-refractivity contribution in [3.05, 3.63) is 92.2 Å². The molecule has 176 valence electrons. The number of carbonyl (C=O) groups is 2. The Hall–Kier alpha value is -3.47. The zero-order chi connectivity index (χ0) is 24.7. The van der Waals surface area contributed by atoms with Crippen LogP contribution in [0.1, 0.15) is 49.9 Å². The molecule has 5 nitrogen and oxygen atoms in total. The molecule has 0 aromatic heterocycles. The Balaban J connectivity index is 1.82. The number of carbonyl (C=O) groups excluding carboxylic acids is 2. The number of hydrogen-bond donors (Lipinski definition) is 2. The fourth-order valence-corrected chi connectivity index (χ4v) is 4.22. The van der Waals surface area contributed by atoms with Gasteiger partial charge >= 0.3 is 0 Å². The smallest absolute Gasteiger partial charge is 0.264 e. The van der Waals surface area contributed by atoms with E-state index in [0.29, 0.717) is 10.5 Å². The Morgan fingerprint density at radius 2 is 1.85 bits per heavy atom. The van der Waals surface area contributed by atoms with Gasteiger partial charge in [0.05, 0.1) is 13.2 Å². The third-order valence-electron chi connectivity index (χ3n) is 5.27. The molecule has 1 atom stereocenters. The van der Waals surface area contributed by atoms with Crippen LogP contribution in [-0.4, -0.2) is 18.9 Å². The molecule has 0 aliphatic carbocycles. The summed E-state index contributed by atoms with van der Waals surface area (Å²) in [5, 5.41) is 5.03. The molecule has 0 bridgehead atoms. The third kappa shape index (κ3) is 4.23. The van der Waals surface area contributed by atoms with Crippen molar-refractivity contribution in [2.24, 2.45) is 0 Å². The van der Waals surface area contributed by atoms with Gasteiger partial charge in [-0.3, -0.25) is 9.59 Å². The highest BCUT2D eigenvalue weighted by Gasteiger charge is 2.36. The fourth-order valence-electron chi connectivity index (χ4n) is 3.77. The predicted molar refractivity (Wildman–Crippen MR) is 116 cm³/mol. The summed E-state index contributed by atoms with van der Waals surface area (Å²) in [5.74, 6) is -5.40. The van der Waals surface area contributed by atoms with E-state index >= 15 is 0 Å². The molecule has 1 aliphatic heterocycles. The van der Waals surface area contributed by atoms with Crippen LogP contribution in [0.2, 0.25) is 0 Å². The molecule has 2 N–H and O–H groups in total. The maximum Gasteiger partial charge on any atom is 0.264 e. The second-order valence-corrected chi connectivity index (χ2v) is 8.24. The number of nitrogens with one attached hydrogen (secondary N) is 2. The van der Waals surface area contributed by atoms with Crippen LogP contribution in [0.25, 0.3) is 0 Å². The summed E-state index contributed by atoms with van der Waals surface area (Å²) in [5.41, 5.74) is -0.784. The Morgan fingerprint density at radius 3 is 2.53 bits per heavy atom. The highest BCUT2D eigenvalue weighted by Crippen LogP contribution is 2.41. The minimum atomic E-state index is -2.96. The molecule has 1 unspecified atom stereocenters. The number of alkyl halides is 2. The summed E-state index contributed by atoms with van der Waals surface area (Å²) in [6.45, 7) is 0. The number of rotatable bonds is 5. The van der Waals surface area contributed by atoms with Gasteiger partial charge in [-0.25, -0.2) is 17.6 Å². The Kier molecular flexibility index (Phi) is 6.30. The van der Waals surface area contributed by atoms with Gasteiger partial charge in [0.2, 0.25) is 5.82 Å². The number of hydrogen-bond acceptors (Lipinski definition) is 3. The molecule has 0 radical (unpaired) electrons. The van der Waals surface area contributed by atoms with Crippen LogP contribution >= 0.6 is 15.9 Å². The van der Waals surface area contributed by atoms with Crippen LogP contribution < -0.4 is 15.4 Å². The summed E-state index contributed by atoms with van der Waals surface area (Å²) in [7, 11) is 1.10. The van der Waals surface area contributed by atoms with Crippen LogP contribution in [0.15, 0.2) is 46.9 Å². The van der Waals surface area contributed by atoms with Crippen molar-refractivity contribution < 1.29 is 36.3 Å². The van der Waals surface area contributed by atoms with E-state index in [1.54, 1.807) is 0 Å². The first-order valence-electron chi connectivity index (χ1n) is 9.67. The second kappa shape index (κ2) is 9.05. The minimum Gasteiger partial charge on any atom is -0.494 e. The lowest BCUT2D eigenvalue weighted by atomic mass is 9.93. The number of fused-ring (bicyclic) bond motifs is 1. The average molecular weight is 541 g/mol. The van der Waals surface area contributed by atoms with E-state index < -0.39 is 53.0 Å². The fraction of sp³-hybridized carbons (Fsp3) is 0.130. The van der Waals surface area contributed by atoms with Crippen LogP contribution in [-0.2, 0) is 0 Å². The first-order chi connectivity index (χ1) is 16.1. The highest BCUT2D eigenvalue weighted by atomic mass is 79.9. The van der Waals surface area contributed by atoms with Crippen LogP contribution in [0, 0.1) is 17.5 Å². The van der Waals surface area contributed by atoms with Gasteiger partial charge < -0.3 is 15.4 Å². The second-order valence-electron chi connectivity index (χ2n) is 7.32. The molecule has 1 heterocycles. The number of halogens is 6. The number of methoxy groups -OCH3 is 1. The quantitative estimate of drug-likeness (QED) is 0.396. The zero-order valence-corrected chi connectivity index (χ0v) is 18.8. The van der Waals surface area contributed by atoms with E-state index in [0.717, 1.165) is 31.4 Å². The van der Waals surface area contributed by atoms with E-state index in [-0.39, 0.29) is 27.9 Å². The largest absolute Gasteiger partial charge is 0.494 e. The average Bonchev–Trinajstić information content (AvgIpc) is 3.11. The molecule has 0 saturated heterocycles. The zero-order valence-electron chi connectivity index (χ0n) is 17.2. The molecule has 34 heavy (non-hydrogen) atoms. The molecule has 1 aliphatic rings. The summed E-state index contributed by atoms with van der Waals surface area (Å²) in [4.78, 5) is 25.5. The van der Waals surface area contributed by atoms with Gasteiger partial charge in [-0.15, -0.1) is 0 Å². The molecule has 11 heteroatoms. The summed E-state index contributed by atoms with van der Waals surface area (Å²) >= 11 is 3.22. The van der Waals surface area contributed by atoms with E-state index in [1.807, 2.05) is 0 Å². The van der Waals surface area contributed by atoms with Crippen LogP contribution in [0.3, 0.4) is 0 Å². The van der Waals surface area contributed by atoms with Crippen molar-refractivity contribution in [3.8, 4) is 5.75 Å². The molecular weight excluding hydrogens is 527 g/mol. The first-order valence-corrected chi connectivity index (χ1v) is 10.5. The Bertz CT molecular complexity index is 1330. The predicted octanol–water partition coefficient (Wildman–Crippen LogP) is 5.90. The Morgan fingerprint density at radius 1 is 1.12 bits per heavy atom. The number of anilines is 1. The minimum absolute atomic E-state index is 0.0194. The topological polar surface area (TPSA) is 67.4 Å². The number of benzene rings is 3. The van der Waals surface area contributed by atoms with Crippen LogP contribution in [0.4, 0.5) is 27.6 Å². The van der Waals surface area contributed by atoms with Crippen molar-refractivity contribution in [1.29, 1.82) is 0 Å². The third-order valence-corrected chi connectivity index (χ3v) is 5.73. The van der Waals surface area contributed by atoms with Gasteiger partial charge in [-0.1, -0.05) is 22.0 Å². The van der Waals surface area contributed by atoms with Gasteiger partial charge in [0.25, 0.3) is 18.2 Å². The lowest BCUT2D eigenvalue weighted by Gasteiger charge is -2.20. The standard InChI is InChI=1S/C23H14BrF5N2O3/c1-34-17-5-9(4-15(26)19(17)27)22(32)30-16-7-10(24)6-14-18(16)20(31-23(14)33)13-8-11(25)2-3-12(13)21(28)29/h2-8,20-21H,1H3,(H,30,32)(H,31,33). The van der Waals surface area contributed by atoms with Gasteiger partial charge in [-0.05, 0) is 42.0 Å². The van der Waals surface area contributed by atoms with Gasteiger partial charge in [-0.2, -0.15) is 4.39 Å². The van der Waals surface area contributed by atoms with Gasteiger partial charge in [0, 0.05) is 32.4 Å². The lowest BCUT2D eigenvalue weighted by molar-refractivity contribution is 0.0958. The van der Waals surface area contributed by atoms with E-state index in [4.69, 9.17) is 4.74 Å². The summed E-state index contributed by atoms with van der Waals surface area (Å²) in [6.07, 6.45) is -2.96. The van der Waals surface area contributed by atoms with Crippen molar-refractivity contribution >= 4 is 33.4 Å². The molecule has 0 spiro atoms. The van der Waals surface area contributed by atoms with Crippen molar-refractivity contribution in [2.75, 3.05) is 12.4 Å². The van der Waals surface area contributed by atoms with E-state index in [9.17, 15) is 31.5 Å². The highest BCUT2D eigenvalue weighted by molar-refractivity contribution is 9.10. The maximum atomic E-state index is 14.0. The molecule has 3 aromatic carbocycles. The molecule has 0 saturated carbocycles. The van der Waals surface area contributed by atoms with E-state index in [1.165, 1.54) is 12.1 Å².